The van der Waals surface area contributed by atoms with Crippen molar-refractivity contribution in [2.24, 2.45) is 0 Å². The molecule has 0 saturated heterocycles. The SMILES string of the molecule is CS(=O)(=O)Nc1nc(Cl)c(C(F)(F)F)cc1N. The summed E-state index contributed by atoms with van der Waals surface area (Å²) in [5.41, 5.74) is 3.55. The fourth-order valence-corrected chi connectivity index (χ4v) is 1.72. The summed E-state index contributed by atoms with van der Waals surface area (Å²) < 4.78 is 60.7. The van der Waals surface area contributed by atoms with Crippen molar-refractivity contribution >= 4 is 33.1 Å². The summed E-state index contributed by atoms with van der Waals surface area (Å²) in [6.07, 6.45) is -3.90. The number of alkyl halides is 3. The molecule has 3 N–H and O–H groups in total. The Balaban J connectivity index is 3.29. The van der Waals surface area contributed by atoms with E-state index in [0.29, 0.717) is 6.07 Å². The van der Waals surface area contributed by atoms with Crippen molar-refractivity contribution < 1.29 is 21.6 Å². The first-order valence-corrected chi connectivity index (χ1v) is 6.28. The standard InChI is InChI=1S/C7H7ClF3N3O2S/c1-17(15,16)14-6-4(12)2-3(5(8)13-6)7(9,10)11/h2H,12H2,1H3,(H,13,14). The Morgan fingerprint density at radius 1 is 1.47 bits per heavy atom. The normalized spacial score (nSPS) is 12.5. The van der Waals surface area contributed by atoms with Crippen LogP contribution in [0.2, 0.25) is 5.15 Å². The quantitative estimate of drug-likeness (QED) is 0.812. The van der Waals surface area contributed by atoms with E-state index >= 15 is 0 Å². The summed E-state index contributed by atoms with van der Waals surface area (Å²) >= 11 is 5.29. The molecule has 1 rings (SSSR count). The molecule has 0 spiro atoms. The van der Waals surface area contributed by atoms with E-state index in [0.717, 1.165) is 6.26 Å². The fraction of sp³-hybridized carbons (Fsp3) is 0.286. The predicted molar refractivity (Wildman–Crippen MR) is 57.1 cm³/mol. The molecule has 17 heavy (non-hydrogen) atoms. The minimum Gasteiger partial charge on any atom is -0.396 e. The van der Waals surface area contributed by atoms with Crippen LogP contribution in [-0.4, -0.2) is 19.7 Å². The molecule has 0 unspecified atom stereocenters. The Kier molecular flexibility index (Phi) is 3.44. The van der Waals surface area contributed by atoms with E-state index in [-0.39, 0.29) is 0 Å². The summed E-state index contributed by atoms with van der Waals surface area (Å²) in [4.78, 5) is 3.25. The number of anilines is 2. The number of pyridine rings is 1. The minimum atomic E-state index is -4.71. The van der Waals surface area contributed by atoms with E-state index in [1.807, 2.05) is 4.72 Å². The second-order valence-electron chi connectivity index (χ2n) is 3.14. The van der Waals surface area contributed by atoms with E-state index in [1.54, 1.807) is 0 Å². The topological polar surface area (TPSA) is 85.1 Å². The van der Waals surface area contributed by atoms with Gasteiger partial charge in [0.05, 0.1) is 17.5 Å². The molecule has 0 atom stereocenters. The van der Waals surface area contributed by atoms with Gasteiger partial charge in [0.25, 0.3) is 0 Å². The Morgan fingerprint density at radius 2 is 2.00 bits per heavy atom. The van der Waals surface area contributed by atoms with Crippen molar-refractivity contribution in [1.29, 1.82) is 0 Å². The highest BCUT2D eigenvalue weighted by molar-refractivity contribution is 7.92. The van der Waals surface area contributed by atoms with Gasteiger partial charge in [0, 0.05) is 0 Å². The Hall–Kier alpha value is -1.22. The summed E-state index contributed by atoms with van der Waals surface area (Å²) in [6.45, 7) is 0. The van der Waals surface area contributed by atoms with Gasteiger partial charge in [-0.15, -0.1) is 0 Å². The fourth-order valence-electron chi connectivity index (χ4n) is 0.962. The average Bonchev–Trinajstić information content (AvgIpc) is 2.06. The van der Waals surface area contributed by atoms with Crippen LogP contribution in [0, 0.1) is 0 Å². The maximum absolute atomic E-state index is 12.4. The van der Waals surface area contributed by atoms with E-state index in [9.17, 15) is 21.6 Å². The number of hydrogen-bond donors (Lipinski definition) is 2. The Bertz CT molecular complexity index is 544. The van der Waals surface area contributed by atoms with E-state index in [1.165, 1.54) is 0 Å². The van der Waals surface area contributed by atoms with E-state index in [4.69, 9.17) is 17.3 Å². The molecular weight excluding hydrogens is 283 g/mol. The molecule has 1 heterocycles. The smallest absolute Gasteiger partial charge is 0.396 e. The number of hydrogen-bond acceptors (Lipinski definition) is 4. The molecule has 0 aromatic carbocycles. The molecule has 5 nitrogen and oxygen atoms in total. The molecule has 0 fully saturated rings. The summed E-state index contributed by atoms with van der Waals surface area (Å²) in [5, 5.41) is -0.877. The van der Waals surface area contributed by atoms with Crippen LogP contribution in [0.15, 0.2) is 6.07 Å². The van der Waals surface area contributed by atoms with Crippen molar-refractivity contribution in [2.45, 2.75) is 6.18 Å². The van der Waals surface area contributed by atoms with Gasteiger partial charge in [-0.2, -0.15) is 13.2 Å². The zero-order valence-electron chi connectivity index (χ0n) is 8.34. The highest BCUT2D eigenvalue weighted by Crippen LogP contribution is 2.36. The third-order valence-corrected chi connectivity index (χ3v) is 2.45. The number of rotatable bonds is 2. The number of halogens is 4. The molecule has 1 aromatic rings. The van der Waals surface area contributed by atoms with Gasteiger partial charge in [-0.25, -0.2) is 13.4 Å². The monoisotopic (exact) mass is 289 g/mol. The number of nitrogens with two attached hydrogens (primary N) is 1. The lowest BCUT2D eigenvalue weighted by Crippen LogP contribution is -2.15. The van der Waals surface area contributed by atoms with E-state index in [2.05, 4.69) is 4.98 Å². The molecule has 1 aromatic heterocycles. The predicted octanol–water partition coefficient (Wildman–Crippen LogP) is 1.71. The molecule has 0 radical (unpaired) electrons. The van der Waals surface area contributed by atoms with Gasteiger partial charge in [0.2, 0.25) is 10.0 Å². The van der Waals surface area contributed by atoms with Gasteiger partial charge >= 0.3 is 6.18 Å². The first kappa shape index (κ1) is 13.8. The molecule has 0 aliphatic heterocycles. The van der Waals surface area contributed by atoms with Crippen LogP contribution in [0.4, 0.5) is 24.7 Å². The van der Waals surface area contributed by atoms with Crippen LogP contribution in [0.5, 0.6) is 0 Å². The van der Waals surface area contributed by atoms with Gasteiger partial charge in [0.1, 0.15) is 5.15 Å². The molecular formula is C7H7ClF3N3O2S. The number of nitrogen functional groups attached to an aromatic ring is 1. The third-order valence-electron chi connectivity index (χ3n) is 1.59. The highest BCUT2D eigenvalue weighted by Gasteiger charge is 2.35. The summed E-state index contributed by atoms with van der Waals surface area (Å²) in [7, 11) is -3.70. The number of sulfonamides is 1. The molecule has 10 heteroatoms. The van der Waals surface area contributed by atoms with Crippen LogP contribution in [0.25, 0.3) is 0 Å². The number of nitrogens with one attached hydrogen (secondary N) is 1. The lowest BCUT2D eigenvalue weighted by molar-refractivity contribution is -0.137. The molecule has 0 aliphatic rings. The van der Waals surface area contributed by atoms with Gasteiger partial charge < -0.3 is 5.73 Å². The first-order chi connectivity index (χ1) is 7.50. The highest BCUT2D eigenvalue weighted by atomic mass is 35.5. The third kappa shape index (κ3) is 3.63. The number of aromatic nitrogens is 1. The summed E-state index contributed by atoms with van der Waals surface area (Å²) in [5.74, 6) is -0.439. The zero-order valence-corrected chi connectivity index (χ0v) is 9.91. The molecule has 0 saturated carbocycles. The summed E-state index contributed by atoms with van der Waals surface area (Å²) in [6, 6.07) is 0.517. The Morgan fingerprint density at radius 3 is 2.41 bits per heavy atom. The van der Waals surface area contributed by atoms with Crippen molar-refractivity contribution in [3.05, 3.63) is 16.8 Å². The van der Waals surface area contributed by atoms with Crippen LogP contribution < -0.4 is 10.5 Å². The largest absolute Gasteiger partial charge is 0.419 e. The molecule has 0 amide bonds. The van der Waals surface area contributed by atoms with Crippen LogP contribution in [0.1, 0.15) is 5.56 Å². The lowest BCUT2D eigenvalue weighted by Gasteiger charge is -2.12. The average molecular weight is 290 g/mol. The van der Waals surface area contributed by atoms with Crippen molar-refractivity contribution in [3.63, 3.8) is 0 Å². The Labute approximate surface area is 99.8 Å². The second kappa shape index (κ2) is 4.22. The number of nitrogens with zero attached hydrogens (tertiary/aromatic N) is 1. The maximum Gasteiger partial charge on any atom is 0.419 e. The minimum absolute atomic E-state index is 0.439. The van der Waals surface area contributed by atoms with Crippen molar-refractivity contribution in [1.82, 2.24) is 4.98 Å². The second-order valence-corrected chi connectivity index (χ2v) is 5.24. The first-order valence-electron chi connectivity index (χ1n) is 4.01. The van der Waals surface area contributed by atoms with Crippen LogP contribution >= 0.6 is 11.6 Å². The van der Waals surface area contributed by atoms with Gasteiger partial charge in [-0.3, -0.25) is 4.72 Å². The van der Waals surface area contributed by atoms with Gasteiger partial charge in [-0.1, -0.05) is 11.6 Å². The van der Waals surface area contributed by atoms with Crippen LogP contribution in [-0.2, 0) is 16.2 Å². The van der Waals surface area contributed by atoms with Gasteiger partial charge in [-0.05, 0) is 6.07 Å². The molecule has 0 aliphatic carbocycles. The zero-order chi connectivity index (χ0) is 13.4. The van der Waals surface area contributed by atoms with E-state index < -0.39 is 38.4 Å². The maximum atomic E-state index is 12.4. The molecule has 0 bridgehead atoms. The van der Waals surface area contributed by atoms with Gasteiger partial charge in [0.15, 0.2) is 5.82 Å². The van der Waals surface area contributed by atoms with Crippen LogP contribution in [0.3, 0.4) is 0 Å². The van der Waals surface area contributed by atoms with Crippen molar-refractivity contribution in [2.75, 3.05) is 16.7 Å². The van der Waals surface area contributed by atoms with Crippen molar-refractivity contribution in [3.8, 4) is 0 Å². The molecule has 96 valence electrons. The lowest BCUT2D eigenvalue weighted by atomic mass is 10.2.